The third kappa shape index (κ3) is 2.56. The summed E-state index contributed by atoms with van der Waals surface area (Å²) >= 11 is 0. The van der Waals surface area contributed by atoms with Crippen molar-refractivity contribution in [2.24, 2.45) is 5.10 Å². The number of ether oxygens (including phenoxy) is 1. The van der Waals surface area contributed by atoms with Crippen LogP contribution in [0.3, 0.4) is 0 Å². The molecule has 2 rings (SSSR count). The normalized spacial score (nSPS) is 11.1. The molecule has 0 N–H and O–H groups in total. The van der Waals surface area contributed by atoms with Crippen LogP contribution in [-0.2, 0) is 0 Å². The van der Waals surface area contributed by atoms with Crippen LogP contribution in [0.2, 0.25) is 0 Å². The Morgan fingerprint density at radius 1 is 1.22 bits per heavy atom. The first-order chi connectivity index (χ1) is 8.72. The van der Waals surface area contributed by atoms with E-state index in [1.165, 1.54) is 0 Å². The average Bonchev–Trinajstić information content (AvgIpc) is 2.69. The molecule has 0 unspecified atom stereocenters. The van der Waals surface area contributed by atoms with Crippen molar-refractivity contribution in [3.8, 4) is 5.75 Å². The van der Waals surface area contributed by atoms with Crippen molar-refractivity contribution in [1.29, 1.82) is 0 Å². The summed E-state index contributed by atoms with van der Waals surface area (Å²) in [5.74, 6) is 2.35. The molecule has 0 bridgehead atoms. The number of benzene rings is 1. The van der Waals surface area contributed by atoms with Gasteiger partial charge in [-0.05, 0) is 32.9 Å². The molecule has 0 aliphatic heterocycles. The predicted molar refractivity (Wildman–Crippen MR) is 70.1 cm³/mol. The zero-order chi connectivity index (χ0) is 13.0. The molecule has 1 heterocycles. The third-order valence-corrected chi connectivity index (χ3v) is 2.48. The standard InChI is InChI=1S/C13H16N4O/c1-4-18-13-8-6-5-7-12(13)9-14-17-10(2)15-16-11(17)3/h5-9H,4H2,1-3H3. The van der Waals surface area contributed by atoms with Gasteiger partial charge in [-0.25, -0.2) is 4.68 Å². The molecule has 0 saturated heterocycles. The van der Waals surface area contributed by atoms with Gasteiger partial charge in [-0.3, -0.25) is 0 Å². The lowest BCUT2D eigenvalue weighted by atomic mass is 10.2. The lowest BCUT2D eigenvalue weighted by Gasteiger charge is -2.06. The molecule has 1 aromatic heterocycles. The van der Waals surface area contributed by atoms with E-state index in [0.29, 0.717) is 6.61 Å². The molecule has 18 heavy (non-hydrogen) atoms. The van der Waals surface area contributed by atoms with Crippen molar-refractivity contribution in [2.75, 3.05) is 6.61 Å². The van der Waals surface area contributed by atoms with Gasteiger partial charge in [-0.1, -0.05) is 12.1 Å². The van der Waals surface area contributed by atoms with Crippen LogP contribution in [0.25, 0.3) is 0 Å². The van der Waals surface area contributed by atoms with Gasteiger partial charge in [0.05, 0.1) is 12.8 Å². The van der Waals surface area contributed by atoms with Crippen LogP contribution in [0.4, 0.5) is 0 Å². The van der Waals surface area contributed by atoms with Gasteiger partial charge in [-0.2, -0.15) is 5.10 Å². The molecule has 94 valence electrons. The Kier molecular flexibility index (Phi) is 3.72. The molecular formula is C13H16N4O. The highest BCUT2D eigenvalue weighted by Gasteiger charge is 2.03. The second-order valence-corrected chi connectivity index (χ2v) is 3.82. The maximum Gasteiger partial charge on any atom is 0.151 e. The highest BCUT2D eigenvalue weighted by atomic mass is 16.5. The fourth-order valence-electron chi connectivity index (χ4n) is 1.62. The van der Waals surface area contributed by atoms with Crippen LogP contribution >= 0.6 is 0 Å². The van der Waals surface area contributed by atoms with E-state index in [1.54, 1.807) is 10.9 Å². The molecule has 0 saturated carbocycles. The molecule has 0 aliphatic carbocycles. The predicted octanol–water partition coefficient (Wildman–Crippen LogP) is 2.18. The van der Waals surface area contributed by atoms with E-state index in [1.807, 2.05) is 45.0 Å². The lowest BCUT2D eigenvalue weighted by Crippen LogP contribution is -1.99. The van der Waals surface area contributed by atoms with E-state index < -0.39 is 0 Å². The zero-order valence-corrected chi connectivity index (χ0v) is 10.8. The highest BCUT2D eigenvalue weighted by Crippen LogP contribution is 2.15. The Labute approximate surface area is 106 Å². The summed E-state index contributed by atoms with van der Waals surface area (Å²) in [4.78, 5) is 0. The summed E-state index contributed by atoms with van der Waals surface area (Å²) < 4.78 is 7.23. The lowest BCUT2D eigenvalue weighted by molar-refractivity contribution is 0.340. The first kappa shape index (κ1) is 12.3. The Morgan fingerprint density at radius 3 is 2.56 bits per heavy atom. The molecule has 2 aromatic rings. The van der Waals surface area contributed by atoms with E-state index in [0.717, 1.165) is 23.0 Å². The first-order valence-electron chi connectivity index (χ1n) is 5.87. The summed E-state index contributed by atoms with van der Waals surface area (Å²) in [5.41, 5.74) is 0.937. The largest absolute Gasteiger partial charge is 0.493 e. The Balaban J connectivity index is 2.29. The van der Waals surface area contributed by atoms with Crippen molar-refractivity contribution >= 4 is 6.21 Å². The van der Waals surface area contributed by atoms with Crippen molar-refractivity contribution < 1.29 is 4.74 Å². The second-order valence-electron chi connectivity index (χ2n) is 3.82. The van der Waals surface area contributed by atoms with Gasteiger partial charge < -0.3 is 4.74 Å². The van der Waals surface area contributed by atoms with Gasteiger partial charge in [0, 0.05) is 5.56 Å². The van der Waals surface area contributed by atoms with E-state index >= 15 is 0 Å². The van der Waals surface area contributed by atoms with Crippen molar-refractivity contribution in [3.05, 3.63) is 41.5 Å². The van der Waals surface area contributed by atoms with Crippen molar-refractivity contribution in [1.82, 2.24) is 14.9 Å². The van der Waals surface area contributed by atoms with Crippen LogP contribution < -0.4 is 4.74 Å². The van der Waals surface area contributed by atoms with E-state index in [9.17, 15) is 0 Å². The average molecular weight is 244 g/mol. The minimum absolute atomic E-state index is 0.634. The number of nitrogens with zero attached hydrogens (tertiary/aromatic N) is 4. The fraction of sp³-hybridized carbons (Fsp3) is 0.308. The van der Waals surface area contributed by atoms with Gasteiger partial charge in [0.1, 0.15) is 5.75 Å². The topological polar surface area (TPSA) is 52.3 Å². The number of hydrogen-bond donors (Lipinski definition) is 0. The number of para-hydroxylation sites is 1. The molecule has 0 amide bonds. The number of aryl methyl sites for hydroxylation is 2. The monoisotopic (exact) mass is 244 g/mol. The Bertz CT molecular complexity index is 540. The maximum atomic E-state index is 5.54. The maximum absolute atomic E-state index is 5.54. The molecule has 1 aromatic carbocycles. The van der Waals surface area contributed by atoms with Crippen molar-refractivity contribution in [2.45, 2.75) is 20.8 Å². The molecule has 5 heteroatoms. The highest BCUT2D eigenvalue weighted by molar-refractivity contribution is 5.83. The fourth-order valence-corrected chi connectivity index (χ4v) is 1.62. The minimum Gasteiger partial charge on any atom is -0.493 e. The zero-order valence-electron chi connectivity index (χ0n) is 10.8. The Morgan fingerprint density at radius 2 is 1.89 bits per heavy atom. The summed E-state index contributed by atoms with van der Waals surface area (Å²) in [7, 11) is 0. The number of hydrogen-bond acceptors (Lipinski definition) is 4. The van der Waals surface area contributed by atoms with Crippen LogP contribution in [0.5, 0.6) is 5.75 Å². The molecule has 0 aliphatic rings. The first-order valence-corrected chi connectivity index (χ1v) is 5.87. The number of rotatable bonds is 4. The SMILES string of the molecule is CCOc1ccccc1C=Nn1c(C)nnc1C. The minimum atomic E-state index is 0.634. The van der Waals surface area contributed by atoms with Gasteiger partial charge >= 0.3 is 0 Å². The smallest absolute Gasteiger partial charge is 0.151 e. The summed E-state index contributed by atoms with van der Waals surface area (Å²) in [6, 6.07) is 7.79. The third-order valence-electron chi connectivity index (χ3n) is 2.48. The van der Waals surface area contributed by atoms with E-state index in [4.69, 9.17) is 4.74 Å². The van der Waals surface area contributed by atoms with Crippen LogP contribution in [0.15, 0.2) is 29.4 Å². The molecule has 0 fully saturated rings. The molecule has 0 spiro atoms. The molecular weight excluding hydrogens is 228 g/mol. The number of aromatic nitrogens is 3. The summed E-state index contributed by atoms with van der Waals surface area (Å²) in [5, 5.41) is 12.3. The van der Waals surface area contributed by atoms with Gasteiger partial charge in [0.2, 0.25) is 0 Å². The van der Waals surface area contributed by atoms with Gasteiger partial charge in [0.15, 0.2) is 11.6 Å². The second kappa shape index (κ2) is 5.44. The van der Waals surface area contributed by atoms with Crippen LogP contribution in [0.1, 0.15) is 24.1 Å². The molecule has 5 nitrogen and oxygen atoms in total. The quantitative estimate of drug-likeness (QED) is 0.774. The van der Waals surface area contributed by atoms with Crippen molar-refractivity contribution in [3.63, 3.8) is 0 Å². The molecule has 0 radical (unpaired) electrons. The Hall–Kier alpha value is -2.17. The molecule has 0 atom stereocenters. The summed E-state index contributed by atoms with van der Waals surface area (Å²) in [6.07, 6.45) is 1.76. The van der Waals surface area contributed by atoms with Crippen LogP contribution in [0, 0.1) is 13.8 Å². The van der Waals surface area contributed by atoms with Gasteiger partial charge in [-0.15, -0.1) is 10.2 Å². The van der Waals surface area contributed by atoms with Crippen LogP contribution in [-0.4, -0.2) is 27.7 Å². The van der Waals surface area contributed by atoms with E-state index in [-0.39, 0.29) is 0 Å². The summed E-state index contributed by atoms with van der Waals surface area (Å²) in [6.45, 7) is 6.33. The van der Waals surface area contributed by atoms with E-state index in [2.05, 4.69) is 15.3 Å². The van der Waals surface area contributed by atoms with Gasteiger partial charge in [0.25, 0.3) is 0 Å².